The van der Waals surface area contributed by atoms with Crippen LogP contribution in [0.25, 0.3) is 0 Å². The fourth-order valence-corrected chi connectivity index (χ4v) is 2.89. The molecule has 4 heteroatoms. The molecule has 1 spiro atoms. The van der Waals surface area contributed by atoms with Crippen LogP contribution in [-0.2, 0) is 9.53 Å². The standard InChI is InChI=1S/C13H20N2O2/c1-12(2,3)17-11(16)9-4-13(5-9)8-15-7-10(13)6-14/h9-10,15H,4-5,7-8H2,1-3H3. The fraction of sp³-hybridized carbons (Fsp3) is 0.846. The maximum absolute atomic E-state index is 11.9. The SMILES string of the molecule is CC(C)(C)OC(=O)C1CC2(CNCC2C#N)C1. The van der Waals surface area contributed by atoms with Gasteiger partial charge in [0.25, 0.3) is 0 Å². The molecule has 17 heavy (non-hydrogen) atoms. The van der Waals surface area contributed by atoms with E-state index < -0.39 is 5.60 Å². The van der Waals surface area contributed by atoms with Crippen LogP contribution in [0.5, 0.6) is 0 Å². The molecule has 0 aromatic rings. The number of ether oxygens (including phenoxy) is 1. The highest BCUT2D eigenvalue weighted by molar-refractivity contribution is 5.74. The second-order valence-electron chi connectivity index (χ2n) is 6.31. The molecule has 1 aliphatic heterocycles. The van der Waals surface area contributed by atoms with E-state index in [1.54, 1.807) is 0 Å². The zero-order chi connectivity index (χ0) is 12.7. The summed E-state index contributed by atoms with van der Waals surface area (Å²) >= 11 is 0. The van der Waals surface area contributed by atoms with E-state index in [4.69, 9.17) is 10.00 Å². The lowest BCUT2D eigenvalue weighted by atomic mass is 9.57. The van der Waals surface area contributed by atoms with Gasteiger partial charge in [-0.3, -0.25) is 4.79 Å². The topological polar surface area (TPSA) is 62.1 Å². The van der Waals surface area contributed by atoms with Gasteiger partial charge >= 0.3 is 5.97 Å². The second kappa shape index (κ2) is 3.99. The molecule has 4 nitrogen and oxygen atoms in total. The number of hydrogen-bond acceptors (Lipinski definition) is 4. The van der Waals surface area contributed by atoms with Crippen molar-refractivity contribution in [3.8, 4) is 6.07 Å². The molecule has 0 aromatic carbocycles. The highest BCUT2D eigenvalue weighted by Crippen LogP contribution is 2.53. The van der Waals surface area contributed by atoms with Gasteiger partial charge in [-0.15, -0.1) is 0 Å². The number of nitrogens with one attached hydrogen (secondary N) is 1. The molecule has 2 rings (SSSR count). The van der Waals surface area contributed by atoms with Crippen molar-refractivity contribution in [1.82, 2.24) is 5.32 Å². The van der Waals surface area contributed by atoms with E-state index in [-0.39, 0.29) is 23.2 Å². The summed E-state index contributed by atoms with van der Waals surface area (Å²) in [7, 11) is 0. The summed E-state index contributed by atoms with van der Waals surface area (Å²) in [5.41, 5.74) is -0.376. The average molecular weight is 236 g/mol. The molecule has 1 saturated carbocycles. The summed E-state index contributed by atoms with van der Waals surface area (Å²) in [6, 6.07) is 2.35. The first-order valence-electron chi connectivity index (χ1n) is 6.19. The monoisotopic (exact) mass is 236 g/mol. The van der Waals surface area contributed by atoms with Crippen LogP contribution in [0.1, 0.15) is 33.6 Å². The summed E-state index contributed by atoms with van der Waals surface area (Å²) in [5.74, 6) is -0.0575. The number of esters is 1. The van der Waals surface area contributed by atoms with Crippen molar-refractivity contribution in [2.45, 2.75) is 39.2 Å². The van der Waals surface area contributed by atoms with E-state index in [1.165, 1.54) is 0 Å². The minimum absolute atomic E-state index is 0.00928. The van der Waals surface area contributed by atoms with Gasteiger partial charge in [-0.1, -0.05) is 0 Å². The zero-order valence-corrected chi connectivity index (χ0v) is 10.7. The van der Waals surface area contributed by atoms with E-state index in [9.17, 15) is 4.79 Å². The Morgan fingerprint density at radius 2 is 2.12 bits per heavy atom. The van der Waals surface area contributed by atoms with E-state index in [0.717, 1.165) is 25.9 Å². The van der Waals surface area contributed by atoms with Gasteiger partial charge in [0.1, 0.15) is 5.60 Å². The summed E-state index contributed by atoms with van der Waals surface area (Å²) < 4.78 is 5.37. The minimum atomic E-state index is -0.414. The zero-order valence-electron chi connectivity index (χ0n) is 10.7. The molecule has 0 aromatic heterocycles. The van der Waals surface area contributed by atoms with Gasteiger partial charge in [0.15, 0.2) is 0 Å². The van der Waals surface area contributed by atoms with Crippen LogP contribution in [0.3, 0.4) is 0 Å². The van der Waals surface area contributed by atoms with Gasteiger partial charge in [0.05, 0.1) is 17.9 Å². The molecule has 0 bridgehead atoms. The lowest BCUT2D eigenvalue weighted by molar-refractivity contribution is -0.168. The molecule has 94 valence electrons. The maximum Gasteiger partial charge on any atom is 0.309 e. The lowest BCUT2D eigenvalue weighted by Crippen LogP contribution is -2.47. The molecular formula is C13H20N2O2. The number of carbonyl (C=O) groups is 1. The average Bonchev–Trinajstić information content (AvgIpc) is 2.55. The van der Waals surface area contributed by atoms with Gasteiger partial charge in [-0.25, -0.2) is 0 Å². The first-order valence-corrected chi connectivity index (χ1v) is 6.19. The third-order valence-electron chi connectivity index (χ3n) is 3.77. The molecule has 1 heterocycles. The van der Waals surface area contributed by atoms with Crippen LogP contribution in [0.4, 0.5) is 0 Å². The van der Waals surface area contributed by atoms with Crippen molar-refractivity contribution < 1.29 is 9.53 Å². The summed E-state index contributed by atoms with van der Waals surface area (Å²) in [5, 5.41) is 12.3. The van der Waals surface area contributed by atoms with Gasteiger partial charge in [-0.05, 0) is 33.6 Å². The predicted octanol–water partition coefficient (Wildman–Crippen LogP) is 1.47. The Morgan fingerprint density at radius 3 is 2.65 bits per heavy atom. The summed E-state index contributed by atoms with van der Waals surface area (Å²) in [4.78, 5) is 11.9. The first kappa shape index (κ1) is 12.4. The second-order valence-corrected chi connectivity index (χ2v) is 6.31. The highest BCUT2D eigenvalue weighted by atomic mass is 16.6. The quantitative estimate of drug-likeness (QED) is 0.700. The Morgan fingerprint density at radius 1 is 1.47 bits per heavy atom. The van der Waals surface area contributed by atoms with Crippen molar-refractivity contribution in [3.63, 3.8) is 0 Å². The number of carbonyl (C=O) groups excluding carboxylic acids is 1. The number of rotatable bonds is 1. The fourth-order valence-electron chi connectivity index (χ4n) is 2.89. The Balaban J connectivity index is 1.91. The van der Waals surface area contributed by atoms with Crippen molar-refractivity contribution in [2.24, 2.45) is 17.3 Å². The Hall–Kier alpha value is -1.08. The van der Waals surface area contributed by atoms with Crippen LogP contribution >= 0.6 is 0 Å². The maximum atomic E-state index is 11.9. The largest absolute Gasteiger partial charge is 0.460 e. The molecule has 1 N–H and O–H groups in total. The molecule has 0 radical (unpaired) electrons. The first-order chi connectivity index (χ1) is 7.86. The molecule has 2 aliphatic rings. The summed E-state index contributed by atoms with van der Waals surface area (Å²) in [6.07, 6.45) is 1.60. The smallest absolute Gasteiger partial charge is 0.309 e. The molecular weight excluding hydrogens is 216 g/mol. The molecule has 1 atom stereocenters. The van der Waals surface area contributed by atoms with E-state index in [1.807, 2.05) is 20.8 Å². The lowest BCUT2D eigenvalue weighted by Gasteiger charge is -2.45. The van der Waals surface area contributed by atoms with Gasteiger partial charge < -0.3 is 10.1 Å². The van der Waals surface area contributed by atoms with E-state index >= 15 is 0 Å². The van der Waals surface area contributed by atoms with Crippen LogP contribution in [0.15, 0.2) is 0 Å². The van der Waals surface area contributed by atoms with Gasteiger partial charge in [0, 0.05) is 18.5 Å². The molecule has 1 saturated heterocycles. The predicted molar refractivity (Wildman–Crippen MR) is 63.0 cm³/mol. The third-order valence-corrected chi connectivity index (χ3v) is 3.77. The number of nitriles is 1. The Labute approximate surface area is 102 Å². The molecule has 1 aliphatic carbocycles. The number of nitrogens with zero attached hydrogens (tertiary/aromatic N) is 1. The third kappa shape index (κ3) is 2.30. The molecule has 0 amide bonds. The van der Waals surface area contributed by atoms with Gasteiger partial charge in [0.2, 0.25) is 0 Å². The van der Waals surface area contributed by atoms with E-state index in [2.05, 4.69) is 11.4 Å². The van der Waals surface area contributed by atoms with Crippen molar-refractivity contribution in [2.75, 3.05) is 13.1 Å². The van der Waals surface area contributed by atoms with Crippen LogP contribution in [-0.4, -0.2) is 24.7 Å². The minimum Gasteiger partial charge on any atom is -0.460 e. The molecule has 2 fully saturated rings. The summed E-state index contributed by atoms with van der Waals surface area (Å²) in [6.45, 7) is 7.28. The van der Waals surface area contributed by atoms with Gasteiger partial charge in [-0.2, -0.15) is 5.26 Å². The van der Waals surface area contributed by atoms with Crippen LogP contribution in [0, 0.1) is 28.6 Å². The van der Waals surface area contributed by atoms with Crippen LogP contribution in [0.2, 0.25) is 0 Å². The van der Waals surface area contributed by atoms with Crippen molar-refractivity contribution in [1.29, 1.82) is 5.26 Å². The number of hydrogen-bond donors (Lipinski definition) is 1. The van der Waals surface area contributed by atoms with Crippen molar-refractivity contribution in [3.05, 3.63) is 0 Å². The highest BCUT2D eigenvalue weighted by Gasteiger charge is 2.55. The Bertz CT molecular complexity index is 359. The van der Waals surface area contributed by atoms with Crippen LogP contribution < -0.4 is 5.32 Å². The van der Waals surface area contributed by atoms with Crippen molar-refractivity contribution >= 4 is 5.97 Å². The normalized spacial score (nSPS) is 36.4. The molecule has 1 unspecified atom stereocenters. The van der Waals surface area contributed by atoms with E-state index in [0.29, 0.717) is 0 Å². The Kier molecular flexibility index (Phi) is 2.90.